The first-order valence-electron chi connectivity index (χ1n) is 10.4. The van der Waals surface area contributed by atoms with Gasteiger partial charge in [-0.05, 0) is 49.3 Å². The molecule has 4 rings (SSSR count). The molecular weight excluding hydrogens is 366 g/mol. The fraction of sp³-hybridized carbons (Fsp3) is 0.545. The topological polar surface area (TPSA) is 59.2 Å². The molecule has 0 N–H and O–H groups in total. The van der Waals surface area contributed by atoms with E-state index < -0.39 is 6.04 Å². The number of likely N-dealkylation sites (N-methyl/N-ethyl adjacent to an activating group) is 2. The third-order valence-corrected chi connectivity index (χ3v) is 6.29. The molecule has 154 valence electrons. The molecule has 0 aliphatic carbocycles. The molecular formula is C22H30N5O2+. The Morgan fingerprint density at radius 1 is 1.14 bits per heavy atom. The summed E-state index contributed by atoms with van der Waals surface area (Å²) in [7, 11) is 3.25. The molecule has 7 heteroatoms. The van der Waals surface area contributed by atoms with E-state index in [9.17, 15) is 9.59 Å². The van der Waals surface area contributed by atoms with Crippen molar-refractivity contribution >= 4 is 23.6 Å². The number of urea groups is 1. The zero-order valence-electron chi connectivity index (χ0n) is 17.8. The summed E-state index contributed by atoms with van der Waals surface area (Å²) in [6.45, 7) is 7.76. The van der Waals surface area contributed by atoms with E-state index in [-0.39, 0.29) is 11.9 Å². The molecule has 2 saturated heterocycles. The third-order valence-electron chi connectivity index (χ3n) is 6.29. The largest absolute Gasteiger partial charge is 0.333 e. The lowest BCUT2D eigenvalue weighted by molar-refractivity contribution is -0.552. The number of amides is 3. The SMILES string of the molecule is Cc1cccc(C[N+]2=C(CN3CCC(C)CC3)N=C3C2C(=O)N(C)C(=O)N3C)c1. The van der Waals surface area contributed by atoms with Crippen LogP contribution in [0.25, 0.3) is 0 Å². The minimum Gasteiger partial charge on any atom is -0.292 e. The number of hydrogen-bond donors (Lipinski definition) is 0. The number of aliphatic imine (C=N–C) groups is 1. The Balaban J connectivity index is 1.68. The normalized spacial score (nSPS) is 23.7. The van der Waals surface area contributed by atoms with Gasteiger partial charge in [0, 0.05) is 14.1 Å². The van der Waals surface area contributed by atoms with Gasteiger partial charge in [-0.2, -0.15) is 0 Å². The van der Waals surface area contributed by atoms with Crippen molar-refractivity contribution in [2.24, 2.45) is 10.9 Å². The van der Waals surface area contributed by atoms with Gasteiger partial charge in [0.25, 0.3) is 17.8 Å². The number of aryl methyl sites for hydroxylation is 1. The Labute approximate surface area is 172 Å². The second-order valence-electron chi connectivity index (χ2n) is 8.60. The number of imide groups is 1. The van der Waals surface area contributed by atoms with Crippen molar-refractivity contribution in [1.29, 1.82) is 0 Å². The van der Waals surface area contributed by atoms with E-state index >= 15 is 0 Å². The van der Waals surface area contributed by atoms with Crippen molar-refractivity contribution < 1.29 is 14.2 Å². The van der Waals surface area contributed by atoms with Crippen LogP contribution < -0.4 is 0 Å². The van der Waals surface area contributed by atoms with E-state index in [0.717, 1.165) is 30.4 Å². The van der Waals surface area contributed by atoms with Gasteiger partial charge in [0.2, 0.25) is 0 Å². The number of benzene rings is 1. The highest BCUT2D eigenvalue weighted by molar-refractivity contribution is 6.23. The first-order chi connectivity index (χ1) is 13.8. The van der Waals surface area contributed by atoms with E-state index in [4.69, 9.17) is 4.99 Å². The quantitative estimate of drug-likeness (QED) is 0.731. The van der Waals surface area contributed by atoms with Gasteiger partial charge >= 0.3 is 11.9 Å². The maximum Gasteiger partial charge on any atom is 0.333 e. The van der Waals surface area contributed by atoms with Gasteiger partial charge in [0.1, 0.15) is 13.1 Å². The monoisotopic (exact) mass is 396 g/mol. The molecule has 1 atom stereocenters. The average molecular weight is 397 g/mol. The van der Waals surface area contributed by atoms with Gasteiger partial charge in [0.15, 0.2) is 0 Å². The van der Waals surface area contributed by atoms with Crippen molar-refractivity contribution in [2.75, 3.05) is 33.7 Å². The molecule has 3 heterocycles. The van der Waals surface area contributed by atoms with Crippen LogP contribution in [0, 0.1) is 12.8 Å². The van der Waals surface area contributed by atoms with E-state index in [1.807, 2.05) is 6.07 Å². The number of piperidine rings is 1. The maximum absolute atomic E-state index is 13.0. The van der Waals surface area contributed by atoms with Crippen LogP contribution in [0.1, 0.15) is 30.9 Å². The van der Waals surface area contributed by atoms with E-state index in [2.05, 4.69) is 41.5 Å². The van der Waals surface area contributed by atoms with Crippen molar-refractivity contribution in [3.8, 4) is 0 Å². The Morgan fingerprint density at radius 2 is 1.86 bits per heavy atom. The molecule has 3 aliphatic rings. The van der Waals surface area contributed by atoms with Gasteiger partial charge in [-0.3, -0.25) is 19.5 Å². The van der Waals surface area contributed by atoms with Gasteiger partial charge < -0.3 is 0 Å². The van der Waals surface area contributed by atoms with Crippen LogP contribution in [0.5, 0.6) is 0 Å². The molecule has 0 saturated carbocycles. The van der Waals surface area contributed by atoms with Crippen molar-refractivity contribution in [2.45, 2.75) is 39.3 Å². The summed E-state index contributed by atoms with van der Waals surface area (Å²) in [4.78, 5) is 35.4. The van der Waals surface area contributed by atoms with E-state index in [1.54, 1.807) is 14.1 Å². The van der Waals surface area contributed by atoms with Gasteiger partial charge in [-0.1, -0.05) is 36.8 Å². The Kier molecular flexibility index (Phi) is 5.25. The second kappa shape index (κ2) is 7.71. The zero-order valence-corrected chi connectivity index (χ0v) is 17.8. The standard InChI is InChI=1S/C22H30N5O2/c1-15-8-10-26(11-9-15)14-18-23-20-19(21(28)25(4)22(29)24(20)3)27(18)13-17-7-5-6-16(2)12-17/h5-7,12,15,19H,8-11,13-14H2,1-4H3/q+1. The zero-order chi connectivity index (χ0) is 20.7. The van der Waals surface area contributed by atoms with Gasteiger partial charge in [0.05, 0.1) is 0 Å². The smallest absolute Gasteiger partial charge is 0.292 e. The van der Waals surface area contributed by atoms with E-state index in [1.165, 1.54) is 28.2 Å². The summed E-state index contributed by atoms with van der Waals surface area (Å²) in [5.41, 5.74) is 2.33. The number of hydrogen-bond acceptors (Lipinski definition) is 4. The second-order valence-corrected chi connectivity index (χ2v) is 8.60. The number of carbonyl (C=O) groups is 2. The minimum atomic E-state index is -0.540. The summed E-state index contributed by atoms with van der Waals surface area (Å²) >= 11 is 0. The summed E-state index contributed by atoms with van der Waals surface area (Å²) in [6.07, 6.45) is 2.37. The lowest BCUT2D eigenvalue weighted by atomic mass is 9.99. The predicted octanol–water partition coefficient (Wildman–Crippen LogP) is 1.94. The van der Waals surface area contributed by atoms with Crippen LogP contribution in [0.4, 0.5) is 4.79 Å². The van der Waals surface area contributed by atoms with Crippen molar-refractivity contribution in [1.82, 2.24) is 14.7 Å². The van der Waals surface area contributed by atoms with Gasteiger partial charge in [-0.25, -0.2) is 9.37 Å². The fourth-order valence-corrected chi connectivity index (χ4v) is 4.38. The molecule has 1 aromatic carbocycles. The minimum absolute atomic E-state index is 0.207. The molecule has 7 nitrogen and oxygen atoms in total. The number of amidine groups is 2. The highest BCUT2D eigenvalue weighted by Gasteiger charge is 2.53. The maximum atomic E-state index is 13.0. The Morgan fingerprint density at radius 3 is 2.55 bits per heavy atom. The Hall–Kier alpha value is -2.54. The number of rotatable bonds is 4. The number of nitrogens with zero attached hydrogens (tertiary/aromatic N) is 5. The molecule has 0 bridgehead atoms. The summed E-state index contributed by atoms with van der Waals surface area (Å²) in [5, 5.41) is 0. The average Bonchev–Trinajstić information content (AvgIpc) is 3.04. The van der Waals surface area contributed by atoms with Crippen LogP contribution in [0.15, 0.2) is 29.3 Å². The molecule has 1 aromatic rings. The summed E-state index contributed by atoms with van der Waals surface area (Å²) < 4.78 is 2.09. The van der Waals surface area contributed by atoms with Crippen molar-refractivity contribution in [3.05, 3.63) is 35.4 Å². The van der Waals surface area contributed by atoms with E-state index in [0.29, 0.717) is 18.9 Å². The molecule has 0 radical (unpaired) electrons. The number of carbonyl (C=O) groups excluding carboxylic acids is 2. The lowest BCUT2D eigenvalue weighted by Gasteiger charge is -2.31. The summed E-state index contributed by atoms with van der Waals surface area (Å²) in [6, 6.07) is 7.47. The third kappa shape index (κ3) is 3.71. The van der Waals surface area contributed by atoms with Crippen LogP contribution in [-0.4, -0.2) is 82.7 Å². The predicted molar refractivity (Wildman–Crippen MR) is 112 cm³/mol. The highest BCUT2D eigenvalue weighted by Crippen LogP contribution is 2.22. The molecule has 0 spiro atoms. The molecule has 2 fully saturated rings. The van der Waals surface area contributed by atoms with Crippen LogP contribution >= 0.6 is 0 Å². The van der Waals surface area contributed by atoms with Crippen molar-refractivity contribution in [3.63, 3.8) is 0 Å². The van der Waals surface area contributed by atoms with Crippen LogP contribution in [-0.2, 0) is 11.3 Å². The number of fused-ring (bicyclic) bond motifs is 1. The summed E-state index contributed by atoms with van der Waals surface area (Å²) in [5.74, 6) is 1.98. The van der Waals surface area contributed by atoms with Gasteiger partial charge in [-0.15, -0.1) is 0 Å². The molecule has 1 unspecified atom stereocenters. The Bertz CT molecular complexity index is 898. The van der Waals surface area contributed by atoms with Crippen LogP contribution in [0.3, 0.4) is 0 Å². The molecule has 0 aromatic heterocycles. The first kappa shape index (κ1) is 19.8. The first-order valence-corrected chi connectivity index (χ1v) is 10.4. The molecule has 3 amide bonds. The van der Waals surface area contributed by atoms with Crippen LogP contribution in [0.2, 0.25) is 0 Å². The highest BCUT2D eigenvalue weighted by atomic mass is 16.2. The number of likely N-dealkylation sites (tertiary alicyclic amines) is 1. The molecule has 29 heavy (non-hydrogen) atoms. The molecule has 3 aliphatic heterocycles. The fourth-order valence-electron chi connectivity index (χ4n) is 4.38. The lowest BCUT2D eigenvalue weighted by Crippen LogP contribution is -2.61.